The number of nitro benzene ring substituents is 1. The van der Waals surface area contributed by atoms with Crippen molar-refractivity contribution >= 4 is 29.4 Å². The van der Waals surface area contributed by atoms with Gasteiger partial charge in [-0.05, 0) is 29.8 Å². The summed E-state index contributed by atoms with van der Waals surface area (Å²) in [5.74, 6) is -0.886. The molecule has 0 saturated carbocycles. The number of non-ortho nitro benzene ring substituents is 1. The highest BCUT2D eigenvalue weighted by Crippen LogP contribution is 2.32. The molecule has 0 amide bonds. The first kappa shape index (κ1) is 22.8. The molecule has 0 spiro atoms. The summed E-state index contributed by atoms with van der Waals surface area (Å²) in [5.41, 5.74) is 0.999. The number of rotatable bonds is 7. The lowest BCUT2D eigenvalue weighted by atomic mass is 10.1. The summed E-state index contributed by atoms with van der Waals surface area (Å²) in [6.45, 7) is 2.06. The van der Waals surface area contributed by atoms with Crippen molar-refractivity contribution in [2.24, 2.45) is 0 Å². The predicted octanol–water partition coefficient (Wildman–Crippen LogP) is 2.85. The molecule has 3 rings (SSSR count). The van der Waals surface area contributed by atoms with Gasteiger partial charge in [-0.3, -0.25) is 10.1 Å². The number of hydrogen-bond donors (Lipinski definition) is 0. The molecule has 0 radical (unpaired) electrons. The van der Waals surface area contributed by atoms with Crippen LogP contribution >= 0.6 is 0 Å². The second-order valence-corrected chi connectivity index (χ2v) is 6.71. The monoisotopic (exact) mass is 442 g/mol. The van der Waals surface area contributed by atoms with Crippen LogP contribution < -0.4 is 14.4 Å². The van der Waals surface area contributed by atoms with Gasteiger partial charge in [0.1, 0.15) is 0 Å². The maximum Gasteiger partial charge on any atom is 0.346 e. The molecule has 1 aliphatic rings. The molecule has 1 saturated heterocycles. The fourth-order valence-corrected chi connectivity index (χ4v) is 3.14. The average molecular weight is 442 g/mol. The van der Waals surface area contributed by atoms with E-state index in [1.54, 1.807) is 12.1 Å². The minimum absolute atomic E-state index is 0.0674. The second-order valence-electron chi connectivity index (χ2n) is 6.71. The quantitative estimate of drug-likeness (QED) is 0.210. The van der Waals surface area contributed by atoms with E-state index in [4.69, 9.17) is 14.2 Å². The second kappa shape index (κ2) is 10.4. The highest BCUT2D eigenvalue weighted by atomic mass is 16.6. The van der Waals surface area contributed by atoms with Crippen LogP contribution in [0, 0.1) is 10.1 Å². The van der Waals surface area contributed by atoms with Gasteiger partial charge in [0.25, 0.3) is 5.69 Å². The Labute approximate surface area is 184 Å². The Morgan fingerprint density at radius 1 is 1.09 bits per heavy atom. The molecule has 168 valence electrons. The normalized spacial score (nSPS) is 13.6. The van der Waals surface area contributed by atoms with Gasteiger partial charge >= 0.3 is 11.9 Å². The Bertz CT molecular complexity index is 1040. The van der Waals surface area contributed by atoms with Gasteiger partial charge in [-0.15, -0.1) is 0 Å². The van der Waals surface area contributed by atoms with E-state index in [0.717, 1.165) is 0 Å². The lowest BCUT2D eigenvalue weighted by Crippen LogP contribution is -2.37. The van der Waals surface area contributed by atoms with Crippen LogP contribution in [0.3, 0.4) is 0 Å². The number of nitro groups is 1. The molecular weight excluding hydrogens is 420 g/mol. The fourth-order valence-electron chi connectivity index (χ4n) is 3.14. The minimum atomic E-state index is -0.758. The lowest BCUT2D eigenvalue weighted by Gasteiger charge is -2.30. The predicted molar refractivity (Wildman–Crippen MR) is 115 cm³/mol. The van der Waals surface area contributed by atoms with Gasteiger partial charge in [0.2, 0.25) is 0 Å². The molecule has 2 aromatic rings. The van der Waals surface area contributed by atoms with Crippen LogP contribution in [0.1, 0.15) is 15.9 Å². The van der Waals surface area contributed by atoms with E-state index in [2.05, 4.69) is 4.74 Å². The van der Waals surface area contributed by atoms with Gasteiger partial charge in [0.05, 0.1) is 43.6 Å². The van der Waals surface area contributed by atoms with Crippen LogP contribution in [0.15, 0.2) is 42.5 Å². The Morgan fingerprint density at radius 2 is 1.84 bits per heavy atom. The van der Waals surface area contributed by atoms with Gasteiger partial charge in [-0.25, -0.2) is 9.59 Å². The van der Waals surface area contributed by atoms with E-state index in [1.165, 1.54) is 50.6 Å². The maximum absolute atomic E-state index is 13.0. The average Bonchev–Trinajstić information content (AvgIpc) is 2.83. The number of methoxy groups -OCH3 is 2. The van der Waals surface area contributed by atoms with Crippen LogP contribution in [0.2, 0.25) is 0 Å². The van der Waals surface area contributed by atoms with E-state index in [9.17, 15) is 19.7 Å². The zero-order valence-corrected chi connectivity index (χ0v) is 17.6. The number of hydrogen-bond acceptors (Lipinski definition) is 9. The van der Waals surface area contributed by atoms with Crippen molar-refractivity contribution in [2.75, 3.05) is 45.4 Å². The Hall–Kier alpha value is -3.92. The molecule has 0 bridgehead atoms. The number of esters is 2. The number of benzene rings is 2. The summed E-state index contributed by atoms with van der Waals surface area (Å²) in [6, 6.07) is 8.81. The maximum atomic E-state index is 13.0. The molecule has 2 aromatic carbocycles. The first-order valence-electron chi connectivity index (χ1n) is 9.70. The van der Waals surface area contributed by atoms with Crippen molar-refractivity contribution in [3.63, 3.8) is 0 Å². The summed E-state index contributed by atoms with van der Waals surface area (Å²) in [5, 5.41) is 11.3. The Balaban J connectivity index is 1.90. The zero-order valence-electron chi connectivity index (χ0n) is 17.6. The lowest BCUT2D eigenvalue weighted by molar-refractivity contribution is -0.384. The van der Waals surface area contributed by atoms with Gasteiger partial charge in [-0.2, -0.15) is 0 Å². The first-order valence-corrected chi connectivity index (χ1v) is 9.70. The molecule has 0 aromatic heterocycles. The highest BCUT2D eigenvalue weighted by molar-refractivity contribution is 5.98. The molecule has 0 unspecified atom stereocenters. The number of ether oxygens (including phenoxy) is 4. The number of carbonyl (C=O) groups is 2. The topological polar surface area (TPSA) is 117 Å². The molecule has 10 nitrogen and oxygen atoms in total. The molecule has 10 heteroatoms. The summed E-state index contributed by atoms with van der Waals surface area (Å²) >= 11 is 0. The molecule has 32 heavy (non-hydrogen) atoms. The van der Waals surface area contributed by atoms with Crippen molar-refractivity contribution in [1.82, 2.24) is 0 Å². The Kier molecular flexibility index (Phi) is 7.40. The van der Waals surface area contributed by atoms with Gasteiger partial charge in [0, 0.05) is 31.3 Å². The van der Waals surface area contributed by atoms with Crippen LogP contribution in [-0.2, 0) is 14.3 Å². The number of nitrogens with zero attached hydrogens (tertiary/aromatic N) is 2. The summed E-state index contributed by atoms with van der Waals surface area (Å²) in [6.07, 6.45) is 2.77. The summed E-state index contributed by atoms with van der Waals surface area (Å²) in [4.78, 5) is 36.9. The van der Waals surface area contributed by atoms with Crippen LogP contribution in [0.5, 0.6) is 11.5 Å². The van der Waals surface area contributed by atoms with Crippen LogP contribution in [0.25, 0.3) is 6.08 Å². The van der Waals surface area contributed by atoms with Crippen molar-refractivity contribution in [3.8, 4) is 11.5 Å². The first-order chi connectivity index (χ1) is 15.4. The summed E-state index contributed by atoms with van der Waals surface area (Å²) < 4.78 is 20.7. The molecule has 0 aliphatic carbocycles. The third kappa shape index (κ3) is 5.41. The van der Waals surface area contributed by atoms with Gasteiger partial charge in [-0.1, -0.05) is 6.07 Å². The molecule has 1 heterocycles. The van der Waals surface area contributed by atoms with E-state index >= 15 is 0 Å². The third-order valence-electron chi connectivity index (χ3n) is 4.77. The van der Waals surface area contributed by atoms with E-state index in [1.807, 2.05) is 4.90 Å². The zero-order chi connectivity index (χ0) is 23.1. The number of anilines is 1. The van der Waals surface area contributed by atoms with E-state index < -0.39 is 16.9 Å². The fraction of sp³-hybridized carbons (Fsp3) is 0.273. The van der Waals surface area contributed by atoms with Gasteiger partial charge in [0.15, 0.2) is 11.5 Å². The highest BCUT2D eigenvalue weighted by Gasteiger charge is 2.24. The van der Waals surface area contributed by atoms with Gasteiger partial charge < -0.3 is 23.8 Å². The van der Waals surface area contributed by atoms with Crippen molar-refractivity contribution in [3.05, 3.63) is 63.7 Å². The van der Waals surface area contributed by atoms with E-state index in [0.29, 0.717) is 37.6 Å². The van der Waals surface area contributed by atoms with E-state index in [-0.39, 0.29) is 22.7 Å². The Morgan fingerprint density at radius 3 is 2.50 bits per heavy atom. The summed E-state index contributed by atoms with van der Waals surface area (Å²) in [7, 11) is 2.68. The van der Waals surface area contributed by atoms with Crippen molar-refractivity contribution in [1.29, 1.82) is 0 Å². The number of carbonyl (C=O) groups excluding carboxylic acids is 2. The molecule has 1 fully saturated rings. The molecular formula is C22H22N2O8. The third-order valence-corrected chi connectivity index (χ3v) is 4.77. The molecule has 1 aliphatic heterocycles. The van der Waals surface area contributed by atoms with Crippen molar-refractivity contribution in [2.45, 2.75) is 0 Å². The molecule has 0 N–H and O–H groups in total. The number of morpholine rings is 1. The smallest absolute Gasteiger partial charge is 0.346 e. The SMILES string of the molecule is COC(=O)/C=C/c1ccc(OC(=O)c2cc([N+](=O)[O-])ccc2N2CCOCC2)c(OC)c1. The van der Waals surface area contributed by atoms with Crippen LogP contribution in [-0.4, -0.2) is 57.4 Å². The van der Waals surface area contributed by atoms with Crippen LogP contribution in [0.4, 0.5) is 11.4 Å². The van der Waals surface area contributed by atoms with Crippen molar-refractivity contribution < 1.29 is 33.5 Å². The minimum Gasteiger partial charge on any atom is -0.493 e. The largest absolute Gasteiger partial charge is 0.493 e. The standard InChI is InChI=1S/C22H22N2O8/c1-29-20-13-15(4-8-21(25)30-2)3-7-19(20)32-22(26)17-14-16(24(27)28)5-6-18(17)23-9-11-31-12-10-23/h3-8,13-14H,9-12H2,1-2H3/b8-4+. The molecule has 0 atom stereocenters.